The second kappa shape index (κ2) is 9.77. The number of hydrogen-bond acceptors (Lipinski definition) is 4. The Morgan fingerprint density at radius 1 is 1.33 bits per heavy atom. The van der Waals surface area contributed by atoms with Gasteiger partial charge in [-0.15, -0.1) is 0 Å². The fourth-order valence-corrected chi connectivity index (χ4v) is 3.36. The largest absolute Gasteiger partial charge is 0.389 e. The molecule has 134 valence electrons. The maximum atomic E-state index is 12.6. The van der Waals surface area contributed by atoms with Gasteiger partial charge in [0.2, 0.25) is 5.91 Å². The van der Waals surface area contributed by atoms with Crippen molar-refractivity contribution in [1.82, 2.24) is 10.2 Å². The molecule has 1 aliphatic heterocycles. The zero-order chi connectivity index (χ0) is 17.4. The van der Waals surface area contributed by atoms with Gasteiger partial charge in [-0.1, -0.05) is 37.3 Å². The number of benzene rings is 1. The number of nitrogens with one attached hydrogen (secondary N) is 1. The molecule has 5 heteroatoms. The van der Waals surface area contributed by atoms with Crippen molar-refractivity contribution in [3.63, 3.8) is 0 Å². The molecule has 0 radical (unpaired) electrons. The second-order valence-electron chi connectivity index (χ2n) is 6.56. The SMILES string of the molecule is CCC(C(=O)NC1CCN(CC(O)COC)CC1)c1ccccc1. The van der Waals surface area contributed by atoms with Gasteiger partial charge in [0, 0.05) is 32.8 Å². The third-order valence-electron chi connectivity index (χ3n) is 4.69. The van der Waals surface area contributed by atoms with Crippen LogP contribution in [0.25, 0.3) is 0 Å². The zero-order valence-corrected chi connectivity index (χ0v) is 14.8. The fraction of sp³-hybridized carbons (Fsp3) is 0.632. The Balaban J connectivity index is 1.79. The van der Waals surface area contributed by atoms with Crippen molar-refractivity contribution in [3.8, 4) is 0 Å². The van der Waals surface area contributed by atoms with Crippen LogP contribution in [0.5, 0.6) is 0 Å². The first-order valence-electron chi connectivity index (χ1n) is 8.88. The summed E-state index contributed by atoms with van der Waals surface area (Å²) in [6, 6.07) is 10.2. The van der Waals surface area contributed by atoms with Crippen LogP contribution in [-0.4, -0.2) is 61.4 Å². The Morgan fingerprint density at radius 2 is 2.00 bits per heavy atom. The molecule has 1 aliphatic rings. The molecule has 0 aliphatic carbocycles. The minimum absolute atomic E-state index is 0.0762. The summed E-state index contributed by atoms with van der Waals surface area (Å²) in [5, 5.41) is 13.0. The molecular weight excluding hydrogens is 304 g/mol. The van der Waals surface area contributed by atoms with Crippen LogP contribution in [0.15, 0.2) is 30.3 Å². The molecule has 2 unspecified atom stereocenters. The molecule has 1 aromatic rings. The number of rotatable bonds is 8. The first kappa shape index (κ1) is 18.9. The van der Waals surface area contributed by atoms with Crippen molar-refractivity contribution in [2.24, 2.45) is 0 Å². The molecule has 1 aromatic carbocycles. The van der Waals surface area contributed by atoms with Crippen molar-refractivity contribution in [2.45, 2.75) is 44.2 Å². The maximum Gasteiger partial charge on any atom is 0.227 e. The van der Waals surface area contributed by atoms with E-state index in [0.717, 1.165) is 37.9 Å². The predicted octanol–water partition coefficient (Wildman–Crippen LogP) is 1.77. The van der Waals surface area contributed by atoms with E-state index in [9.17, 15) is 9.90 Å². The van der Waals surface area contributed by atoms with Crippen molar-refractivity contribution in [1.29, 1.82) is 0 Å². The first-order chi connectivity index (χ1) is 11.6. The van der Waals surface area contributed by atoms with E-state index in [-0.39, 0.29) is 17.9 Å². The fourth-order valence-electron chi connectivity index (χ4n) is 3.36. The van der Waals surface area contributed by atoms with Gasteiger partial charge in [0.1, 0.15) is 0 Å². The van der Waals surface area contributed by atoms with E-state index in [4.69, 9.17) is 4.74 Å². The molecule has 2 N–H and O–H groups in total. The number of aliphatic hydroxyl groups is 1. The van der Waals surface area contributed by atoms with Crippen LogP contribution in [0.3, 0.4) is 0 Å². The number of piperidine rings is 1. The van der Waals surface area contributed by atoms with Gasteiger partial charge in [0.05, 0.1) is 18.6 Å². The highest BCUT2D eigenvalue weighted by atomic mass is 16.5. The van der Waals surface area contributed by atoms with Crippen LogP contribution in [0, 0.1) is 0 Å². The van der Waals surface area contributed by atoms with Crippen LogP contribution >= 0.6 is 0 Å². The van der Waals surface area contributed by atoms with Crippen LogP contribution in [0.2, 0.25) is 0 Å². The lowest BCUT2D eigenvalue weighted by atomic mass is 9.94. The normalized spacial score (nSPS) is 19.0. The molecule has 5 nitrogen and oxygen atoms in total. The molecule has 1 fully saturated rings. The number of ether oxygens (including phenoxy) is 1. The van der Waals surface area contributed by atoms with Crippen molar-refractivity contribution >= 4 is 5.91 Å². The van der Waals surface area contributed by atoms with Gasteiger partial charge in [-0.05, 0) is 24.8 Å². The van der Waals surface area contributed by atoms with Crippen LogP contribution < -0.4 is 5.32 Å². The van der Waals surface area contributed by atoms with Gasteiger partial charge in [-0.25, -0.2) is 0 Å². The van der Waals surface area contributed by atoms with Gasteiger partial charge in [-0.3, -0.25) is 4.79 Å². The summed E-state index contributed by atoms with van der Waals surface area (Å²) in [6.45, 7) is 4.85. The zero-order valence-electron chi connectivity index (χ0n) is 14.8. The van der Waals surface area contributed by atoms with E-state index in [1.165, 1.54) is 0 Å². The lowest BCUT2D eigenvalue weighted by molar-refractivity contribution is -0.123. The van der Waals surface area contributed by atoms with Crippen molar-refractivity contribution < 1.29 is 14.6 Å². The summed E-state index contributed by atoms with van der Waals surface area (Å²) >= 11 is 0. The summed E-state index contributed by atoms with van der Waals surface area (Å²) in [5.74, 6) is 0.0503. The van der Waals surface area contributed by atoms with Crippen LogP contribution in [0.1, 0.15) is 37.7 Å². The predicted molar refractivity (Wildman–Crippen MR) is 95.0 cm³/mol. The highest BCUT2D eigenvalue weighted by molar-refractivity contribution is 5.83. The van der Waals surface area contributed by atoms with Crippen molar-refractivity contribution in [2.75, 3.05) is 33.4 Å². The number of nitrogens with zero attached hydrogens (tertiary/aromatic N) is 1. The average molecular weight is 334 g/mol. The molecule has 2 rings (SSSR count). The number of hydrogen-bond donors (Lipinski definition) is 2. The Hall–Kier alpha value is -1.43. The number of aliphatic hydroxyl groups excluding tert-OH is 1. The molecule has 0 spiro atoms. The Kier molecular flexibility index (Phi) is 7.69. The molecule has 1 saturated heterocycles. The second-order valence-corrected chi connectivity index (χ2v) is 6.56. The van der Waals surface area contributed by atoms with E-state index in [2.05, 4.69) is 17.1 Å². The van der Waals surface area contributed by atoms with Crippen molar-refractivity contribution in [3.05, 3.63) is 35.9 Å². The number of β-amino-alcohol motifs (C(OH)–C–C–N with tert-alkyl or cyclic N) is 1. The number of carbonyl (C=O) groups is 1. The number of amides is 1. The molecule has 1 amide bonds. The third-order valence-corrected chi connectivity index (χ3v) is 4.69. The van der Waals surface area contributed by atoms with Crippen LogP contribution in [0.4, 0.5) is 0 Å². The highest BCUT2D eigenvalue weighted by Gasteiger charge is 2.25. The monoisotopic (exact) mass is 334 g/mol. The van der Waals surface area contributed by atoms with Gasteiger partial charge in [-0.2, -0.15) is 0 Å². The molecule has 0 saturated carbocycles. The van der Waals surface area contributed by atoms with Gasteiger partial charge in [0.15, 0.2) is 0 Å². The summed E-state index contributed by atoms with van der Waals surface area (Å²) in [5.41, 5.74) is 1.08. The van der Waals surface area contributed by atoms with E-state index in [1.807, 2.05) is 30.3 Å². The smallest absolute Gasteiger partial charge is 0.227 e. The summed E-state index contributed by atoms with van der Waals surface area (Å²) < 4.78 is 4.97. The average Bonchev–Trinajstić information content (AvgIpc) is 2.58. The van der Waals surface area contributed by atoms with E-state index in [0.29, 0.717) is 13.2 Å². The van der Waals surface area contributed by atoms with Gasteiger partial charge >= 0.3 is 0 Å². The molecule has 24 heavy (non-hydrogen) atoms. The lowest BCUT2D eigenvalue weighted by Crippen LogP contribution is -2.47. The van der Waals surface area contributed by atoms with Crippen LogP contribution in [-0.2, 0) is 9.53 Å². The third kappa shape index (κ3) is 5.58. The minimum Gasteiger partial charge on any atom is -0.389 e. The van der Waals surface area contributed by atoms with Gasteiger partial charge in [0.25, 0.3) is 0 Å². The first-order valence-corrected chi connectivity index (χ1v) is 8.88. The molecular formula is C19H30N2O3. The quantitative estimate of drug-likeness (QED) is 0.761. The maximum absolute atomic E-state index is 12.6. The number of methoxy groups -OCH3 is 1. The molecule has 2 atom stereocenters. The Morgan fingerprint density at radius 3 is 2.58 bits per heavy atom. The number of likely N-dealkylation sites (tertiary alicyclic amines) is 1. The molecule has 0 aromatic heterocycles. The van der Waals surface area contributed by atoms with E-state index < -0.39 is 6.10 Å². The molecule has 0 bridgehead atoms. The van der Waals surface area contributed by atoms with E-state index in [1.54, 1.807) is 7.11 Å². The number of carbonyl (C=O) groups excluding carboxylic acids is 1. The Bertz CT molecular complexity index is 487. The Labute approximate surface area is 145 Å². The topological polar surface area (TPSA) is 61.8 Å². The van der Waals surface area contributed by atoms with E-state index >= 15 is 0 Å². The molecule has 1 heterocycles. The summed E-state index contributed by atoms with van der Waals surface area (Å²) in [7, 11) is 1.60. The lowest BCUT2D eigenvalue weighted by Gasteiger charge is -2.34. The summed E-state index contributed by atoms with van der Waals surface area (Å²) in [6.07, 6.45) is 2.22. The van der Waals surface area contributed by atoms with Gasteiger partial charge < -0.3 is 20.1 Å². The highest BCUT2D eigenvalue weighted by Crippen LogP contribution is 2.20. The summed E-state index contributed by atoms with van der Waals surface area (Å²) in [4.78, 5) is 14.8. The standard InChI is InChI=1S/C19H30N2O3/c1-3-18(15-7-5-4-6-8-15)19(23)20-16-9-11-21(12-10-16)13-17(22)14-24-2/h4-8,16-18,22H,3,9-14H2,1-2H3,(H,20,23). The minimum atomic E-state index is -0.441.